The molecule has 4 nitrogen and oxygen atoms in total. The fourth-order valence-electron chi connectivity index (χ4n) is 4.48. The zero-order valence-corrected chi connectivity index (χ0v) is 18.1. The van der Waals surface area contributed by atoms with Crippen molar-refractivity contribution in [3.05, 3.63) is 118 Å². The van der Waals surface area contributed by atoms with Crippen LogP contribution < -0.4 is 5.63 Å². The van der Waals surface area contributed by atoms with E-state index in [1.165, 1.54) is 18.2 Å². The molecule has 0 N–H and O–H groups in total. The zero-order chi connectivity index (χ0) is 23.4. The van der Waals surface area contributed by atoms with Crippen molar-refractivity contribution in [3.63, 3.8) is 0 Å². The van der Waals surface area contributed by atoms with E-state index in [1.54, 1.807) is 30.3 Å². The minimum Gasteiger partial charge on any atom is -0.452 e. The molecule has 0 aliphatic heterocycles. The first kappa shape index (κ1) is 20.1. The van der Waals surface area contributed by atoms with E-state index in [2.05, 4.69) is 0 Å². The van der Waals surface area contributed by atoms with Crippen LogP contribution in [0.3, 0.4) is 0 Å². The normalized spacial score (nSPS) is 11.5. The fraction of sp³-hybridized carbons (Fsp3) is 0.0345. The van der Waals surface area contributed by atoms with Crippen LogP contribution in [0.4, 0.5) is 4.39 Å². The summed E-state index contributed by atoms with van der Waals surface area (Å²) < 4.78 is 25.4. The molecule has 0 atom stereocenters. The molecule has 0 bridgehead atoms. The molecule has 0 amide bonds. The summed E-state index contributed by atoms with van der Waals surface area (Å²) in [5, 5.41) is 3.19. The van der Waals surface area contributed by atoms with Crippen molar-refractivity contribution in [2.24, 2.45) is 0 Å². The summed E-state index contributed by atoms with van der Waals surface area (Å²) in [6, 6.07) is 24.1. The maximum absolute atomic E-state index is 13.7. The molecule has 0 spiro atoms. The van der Waals surface area contributed by atoms with Crippen LogP contribution in [-0.4, -0.2) is 5.78 Å². The number of rotatable bonds is 3. The van der Waals surface area contributed by atoms with Crippen LogP contribution in [0.1, 0.15) is 21.7 Å². The lowest BCUT2D eigenvalue weighted by molar-refractivity contribution is 0.101. The largest absolute Gasteiger partial charge is 0.452 e. The first-order valence-electron chi connectivity index (χ1n) is 10.8. The summed E-state index contributed by atoms with van der Waals surface area (Å²) in [4.78, 5) is 25.9. The van der Waals surface area contributed by atoms with Gasteiger partial charge in [0.1, 0.15) is 17.0 Å². The maximum atomic E-state index is 13.7. The summed E-state index contributed by atoms with van der Waals surface area (Å²) in [5.74, 6) is -0.607. The van der Waals surface area contributed by atoms with Gasteiger partial charge < -0.3 is 8.83 Å². The number of furan rings is 1. The van der Waals surface area contributed by atoms with Crippen molar-refractivity contribution in [1.82, 2.24) is 0 Å². The smallest absolute Gasteiger partial charge is 0.336 e. The number of carbonyl (C=O) groups excluding carboxylic acids is 1. The van der Waals surface area contributed by atoms with E-state index in [0.717, 1.165) is 21.7 Å². The van der Waals surface area contributed by atoms with E-state index in [9.17, 15) is 14.0 Å². The van der Waals surface area contributed by atoms with Crippen LogP contribution in [0.25, 0.3) is 43.8 Å². The lowest BCUT2D eigenvalue weighted by Gasteiger charge is -2.06. The Morgan fingerprint density at radius 3 is 2.38 bits per heavy atom. The fourth-order valence-corrected chi connectivity index (χ4v) is 4.48. The first-order chi connectivity index (χ1) is 16.5. The molecule has 0 fully saturated rings. The van der Waals surface area contributed by atoms with Crippen molar-refractivity contribution in [2.45, 2.75) is 6.92 Å². The predicted octanol–water partition coefficient (Wildman–Crippen LogP) is 7.04. The molecular weight excluding hydrogens is 431 g/mol. The van der Waals surface area contributed by atoms with E-state index in [1.807, 2.05) is 43.3 Å². The standard InChI is InChI=1S/C29H17FO4/c1-16-14-24(31)34-28-22(16)12-13-23-26(28)25(18-8-10-21(30)11-9-18)29(33-23)27(32)20-7-6-17-4-2-3-5-19(17)15-20/h2-15H,1H3. The van der Waals surface area contributed by atoms with Gasteiger partial charge in [-0.15, -0.1) is 0 Å². The van der Waals surface area contributed by atoms with Crippen molar-refractivity contribution < 1.29 is 18.0 Å². The number of hydrogen-bond acceptors (Lipinski definition) is 4. The molecule has 0 aliphatic rings. The number of halogens is 1. The Balaban J connectivity index is 1.68. The highest BCUT2D eigenvalue weighted by atomic mass is 19.1. The number of benzene rings is 4. The third-order valence-electron chi connectivity index (χ3n) is 6.12. The molecule has 0 aliphatic carbocycles. The minimum absolute atomic E-state index is 0.105. The second-order valence-electron chi connectivity index (χ2n) is 8.27. The summed E-state index contributed by atoms with van der Waals surface area (Å²) in [5.41, 5.74) is 2.51. The van der Waals surface area contributed by atoms with E-state index < -0.39 is 11.4 Å². The highest BCUT2D eigenvalue weighted by Gasteiger charge is 2.26. The second kappa shape index (κ2) is 7.52. The van der Waals surface area contributed by atoms with Gasteiger partial charge in [-0.25, -0.2) is 9.18 Å². The Morgan fingerprint density at radius 1 is 0.824 bits per heavy atom. The van der Waals surface area contributed by atoms with Crippen molar-refractivity contribution in [2.75, 3.05) is 0 Å². The van der Waals surface area contributed by atoms with Crippen molar-refractivity contribution in [1.29, 1.82) is 0 Å². The molecule has 2 aromatic heterocycles. The molecule has 0 saturated carbocycles. The Kier molecular flexibility index (Phi) is 4.45. The molecule has 0 unspecified atom stereocenters. The predicted molar refractivity (Wildman–Crippen MR) is 130 cm³/mol. The lowest BCUT2D eigenvalue weighted by atomic mass is 9.95. The molecular formula is C29H17FO4. The van der Waals surface area contributed by atoms with E-state index >= 15 is 0 Å². The van der Waals surface area contributed by atoms with Crippen LogP contribution in [0, 0.1) is 12.7 Å². The topological polar surface area (TPSA) is 60.4 Å². The SMILES string of the molecule is Cc1cc(=O)oc2c1ccc1oc(C(=O)c3ccc4ccccc4c3)c(-c3ccc(F)cc3)c12. The molecule has 6 aromatic rings. The quantitative estimate of drug-likeness (QED) is 0.215. The Morgan fingerprint density at radius 2 is 1.59 bits per heavy atom. The molecule has 6 rings (SSSR count). The van der Waals surface area contributed by atoms with Crippen LogP contribution in [0.15, 0.2) is 98.6 Å². The molecule has 4 aromatic carbocycles. The second-order valence-corrected chi connectivity index (χ2v) is 8.27. The molecule has 34 heavy (non-hydrogen) atoms. The van der Waals surface area contributed by atoms with Gasteiger partial charge >= 0.3 is 5.63 Å². The zero-order valence-electron chi connectivity index (χ0n) is 18.1. The molecule has 5 heteroatoms. The van der Waals surface area contributed by atoms with Crippen molar-refractivity contribution in [3.8, 4) is 11.1 Å². The monoisotopic (exact) mass is 448 g/mol. The molecule has 0 radical (unpaired) electrons. The Bertz CT molecular complexity index is 1810. The number of carbonyl (C=O) groups is 1. The van der Waals surface area contributed by atoms with Gasteiger partial charge in [0.05, 0.1) is 5.39 Å². The molecule has 2 heterocycles. The highest BCUT2D eigenvalue weighted by Crippen LogP contribution is 2.40. The first-order valence-corrected chi connectivity index (χ1v) is 10.8. The van der Waals surface area contributed by atoms with Crippen LogP contribution in [0.5, 0.6) is 0 Å². The third-order valence-corrected chi connectivity index (χ3v) is 6.12. The van der Waals surface area contributed by atoms with Gasteiger partial charge in [-0.1, -0.05) is 48.5 Å². The van der Waals surface area contributed by atoms with Gasteiger partial charge in [0.15, 0.2) is 5.76 Å². The molecule has 164 valence electrons. The summed E-state index contributed by atoms with van der Waals surface area (Å²) in [6.45, 7) is 1.82. The van der Waals surface area contributed by atoms with Gasteiger partial charge in [0.2, 0.25) is 5.78 Å². The van der Waals surface area contributed by atoms with Crippen LogP contribution in [0.2, 0.25) is 0 Å². The summed E-state index contributed by atoms with van der Waals surface area (Å²) in [7, 11) is 0. The minimum atomic E-state index is -0.494. The van der Waals surface area contributed by atoms with E-state index in [-0.39, 0.29) is 11.5 Å². The molecule has 0 saturated heterocycles. The van der Waals surface area contributed by atoms with Crippen molar-refractivity contribution >= 4 is 38.5 Å². The van der Waals surface area contributed by atoms with E-state index in [4.69, 9.17) is 8.83 Å². The van der Waals surface area contributed by atoms with Gasteiger partial charge in [0.25, 0.3) is 0 Å². The Labute approximate surface area is 192 Å². The number of fused-ring (bicyclic) bond motifs is 4. The van der Waals surface area contributed by atoms with Gasteiger partial charge in [-0.3, -0.25) is 4.79 Å². The summed E-state index contributed by atoms with van der Waals surface area (Å²) in [6.07, 6.45) is 0. The van der Waals surface area contributed by atoms with Crippen LogP contribution >= 0.6 is 0 Å². The van der Waals surface area contributed by atoms with Crippen LogP contribution in [-0.2, 0) is 0 Å². The Hall–Kier alpha value is -4.51. The summed E-state index contributed by atoms with van der Waals surface area (Å²) >= 11 is 0. The highest BCUT2D eigenvalue weighted by molar-refractivity contribution is 6.20. The average Bonchev–Trinajstić information content (AvgIpc) is 3.24. The maximum Gasteiger partial charge on any atom is 0.336 e. The number of hydrogen-bond donors (Lipinski definition) is 0. The number of ketones is 1. The average molecular weight is 448 g/mol. The van der Waals surface area contributed by atoms with Gasteiger partial charge in [-0.2, -0.15) is 0 Å². The van der Waals surface area contributed by atoms with E-state index in [0.29, 0.717) is 33.2 Å². The number of aryl methyl sites for hydroxylation is 1. The lowest BCUT2D eigenvalue weighted by Crippen LogP contribution is -2.02. The van der Waals surface area contributed by atoms with Gasteiger partial charge in [-0.05, 0) is 59.2 Å². The van der Waals surface area contributed by atoms with Gasteiger partial charge in [0, 0.05) is 22.6 Å². The third kappa shape index (κ3) is 3.13.